The van der Waals surface area contributed by atoms with Gasteiger partial charge in [0.25, 0.3) is 0 Å². The van der Waals surface area contributed by atoms with E-state index >= 15 is 0 Å². The van der Waals surface area contributed by atoms with Gasteiger partial charge in [0.1, 0.15) is 0 Å². The average molecular weight is 349 g/mol. The van der Waals surface area contributed by atoms with Crippen molar-refractivity contribution >= 4 is 22.7 Å². The van der Waals surface area contributed by atoms with E-state index in [0.717, 1.165) is 35.6 Å². The molecule has 27 heavy (non-hydrogen) atoms. The molecule has 3 heterocycles. The number of nitrogens with zero attached hydrogens (tertiary/aromatic N) is 3. The Kier molecular flexibility index (Phi) is 3.79. The quantitative estimate of drug-likeness (QED) is 0.643. The molecular weight excluding hydrogens is 330 g/mol. The SMILES string of the molecule is CC1=NCc2ccc(C3=C(c4ccncc4)N=C(c4ccccc4)C3)cc21. The standard InChI is InChI=1S/C24H19N3/c1-16-21-13-19(7-8-20(21)15-26-16)22-14-23(17-5-3-2-4-6-17)27-24(22)18-9-11-25-12-10-18/h2-13H,14-15H2,1H3. The number of aliphatic imine (C=N–C) groups is 2. The largest absolute Gasteiger partial charge is 0.285 e. The molecule has 0 N–H and O–H groups in total. The monoisotopic (exact) mass is 349 g/mol. The number of fused-ring (bicyclic) bond motifs is 1. The summed E-state index contributed by atoms with van der Waals surface area (Å²) >= 11 is 0. The predicted molar refractivity (Wildman–Crippen MR) is 111 cm³/mol. The number of rotatable bonds is 3. The zero-order chi connectivity index (χ0) is 18.2. The van der Waals surface area contributed by atoms with Gasteiger partial charge >= 0.3 is 0 Å². The first-order valence-corrected chi connectivity index (χ1v) is 9.21. The predicted octanol–water partition coefficient (Wildman–Crippen LogP) is 5.17. The third-order valence-electron chi connectivity index (χ3n) is 5.27. The van der Waals surface area contributed by atoms with Crippen LogP contribution in [0.1, 0.15) is 41.2 Å². The molecule has 5 rings (SSSR count). The van der Waals surface area contributed by atoms with Gasteiger partial charge in [-0.15, -0.1) is 0 Å². The lowest BCUT2D eigenvalue weighted by molar-refractivity contribution is 1.11. The Morgan fingerprint density at radius 2 is 1.63 bits per heavy atom. The Morgan fingerprint density at radius 1 is 0.815 bits per heavy atom. The van der Waals surface area contributed by atoms with E-state index in [4.69, 9.17) is 4.99 Å². The molecule has 0 atom stereocenters. The molecule has 0 saturated carbocycles. The highest BCUT2D eigenvalue weighted by molar-refractivity contribution is 6.17. The van der Waals surface area contributed by atoms with Crippen LogP contribution in [0.25, 0.3) is 11.3 Å². The summed E-state index contributed by atoms with van der Waals surface area (Å²) < 4.78 is 0. The molecule has 2 aromatic carbocycles. The Bertz CT molecular complexity index is 1110. The summed E-state index contributed by atoms with van der Waals surface area (Å²) in [4.78, 5) is 13.8. The second-order valence-corrected chi connectivity index (χ2v) is 6.94. The van der Waals surface area contributed by atoms with E-state index in [9.17, 15) is 0 Å². The van der Waals surface area contributed by atoms with E-state index in [-0.39, 0.29) is 0 Å². The first kappa shape index (κ1) is 15.9. The normalized spacial score (nSPS) is 15.6. The lowest BCUT2D eigenvalue weighted by atomic mass is 9.93. The maximum atomic E-state index is 5.04. The summed E-state index contributed by atoms with van der Waals surface area (Å²) in [5.41, 5.74) is 10.6. The number of allylic oxidation sites excluding steroid dienone is 1. The molecule has 0 spiro atoms. The fourth-order valence-electron chi connectivity index (χ4n) is 3.81. The van der Waals surface area contributed by atoms with Crippen molar-refractivity contribution in [2.45, 2.75) is 19.9 Å². The van der Waals surface area contributed by atoms with Gasteiger partial charge in [0, 0.05) is 35.7 Å². The molecule has 0 fully saturated rings. The van der Waals surface area contributed by atoms with Crippen LogP contribution >= 0.6 is 0 Å². The van der Waals surface area contributed by atoms with Crippen LogP contribution in [0.3, 0.4) is 0 Å². The second kappa shape index (κ2) is 6.44. The minimum Gasteiger partial charge on any atom is -0.285 e. The number of pyridine rings is 1. The first-order chi connectivity index (χ1) is 13.3. The van der Waals surface area contributed by atoms with Gasteiger partial charge in [-0.3, -0.25) is 15.0 Å². The molecule has 3 nitrogen and oxygen atoms in total. The number of aromatic nitrogens is 1. The summed E-state index contributed by atoms with van der Waals surface area (Å²) in [7, 11) is 0. The number of hydrogen-bond donors (Lipinski definition) is 0. The van der Waals surface area contributed by atoms with Crippen LogP contribution in [-0.2, 0) is 6.54 Å². The average Bonchev–Trinajstić information content (AvgIpc) is 3.34. The minimum atomic E-state index is 0.795. The smallest absolute Gasteiger partial charge is 0.0748 e. The van der Waals surface area contributed by atoms with E-state index in [0.29, 0.717) is 0 Å². The molecule has 1 aromatic heterocycles. The minimum absolute atomic E-state index is 0.795. The van der Waals surface area contributed by atoms with Crippen molar-refractivity contribution in [1.82, 2.24) is 4.98 Å². The van der Waals surface area contributed by atoms with E-state index in [1.807, 2.05) is 30.6 Å². The maximum Gasteiger partial charge on any atom is 0.0748 e. The molecule has 2 aliphatic rings. The van der Waals surface area contributed by atoms with Gasteiger partial charge < -0.3 is 0 Å². The van der Waals surface area contributed by atoms with Crippen molar-refractivity contribution in [2.75, 3.05) is 0 Å². The molecule has 0 unspecified atom stereocenters. The van der Waals surface area contributed by atoms with Crippen LogP contribution in [0.5, 0.6) is 0 Å². The molecule has 0 radical (unpaired) electrons. The van der Waals surface area contributed by atoms with E-state index in [1.54, 1.807) is 0 Å². The molecule has 130 valence electrons. The third-order valence-corrected chi connectivity index (χ3v) is 5.27. The van der Waals surface area contributed by atoms with Crippen LogP contribution in [-0.4, -0.2) is 16.4 Å². The molecule has 0 aliphatic carbocycles. The van der Waals surface area contributed by atoms with E-state index in [2.05, 4.69) is 59.4 Å². The molecule has 2 aliphatic heterocycles. The van der Waals surface area contributed by atoms with Crippen LogP contribution in [0.4, 0.5) is 0 Å². The van der Waals surface area contributed by atoms with Crippen molar-refractivity contribution in [3.05, 3.63) is 101 Å². The topological polar surface area (TPSA) is 37.6 Å². The highest BCUT2D eigenvalue weighted by Crippen LogP contribution is 2.38. The van der Waals surface area contributed by atoms with Crippen LogP contribution in [0.2, 0.25) is 0 Å². The maximum absolute atomic E-state index is 5.04. The lowest BCUT2D eigenvalue weighted by Gasteiger charge is -2.09. The van der Waals surface area contributed by atoms with Crippen LogP contribution in [0.15, 0.2) is 83.0 Å². The van der Waals surface area contributed by atoms with Crippen LogP contribution < -0.4 is 0 Å². The Labute approximate surface area is 158 Å². The van der Waals surface area contributed by atoms with Gasteiger partial charge in [-0.25, -0.2) is 0 Å². The van der Waals surface area contributed by atoms with Gasteiger partial charge in [-0.05, 0) is 47.4 Å². The van der Waals surface area contributed by atoms with Gasteiger partial charge in [-0.1, -0.05) is 42.5 Å². The Hall–Kier alpha value is -3.33. The summed E-state index contributed by atoms with van der Waals surface area (Å²) in [6, 6.07) is 21.2. The molecule has 3 heteroatoms. The van der Waals surface area contributed by atoms with Gasteiger partial charge in [0.05, 0.1) is 18.0 Å². The highest BCUT2D eigenvalue weighted by atomic mass is 14.8. The second-order valence-electron chi connectivity index (χ2n) is 6.94. The molecule has 0 saturated heterocycles. The van der Waals surface area contributed by atoms with Gasteiger partial charge in [-0.2, -0.15) is 0 Å². The van der Waals surface area contributed by atoms with Crippen molar-refractivity contribution < 1.29 is 0 Å². The highest BCUT2D eigenvalue weighted by Gasteiger charge is 2.23. The third kappa shape index (κ3) is 2.81. The number of benzene rings is 2. The zero-order valence-corrected chi connectivity index (χ0v) is 15.2. The van der Waals surface area contributed by atoms with Crippen molar-refractivity contribution in [3.8, 4) is 0 Å². The van der Waals surface area contributed by atoms with Crippen LogP contribution in [0, 0.1) is 0 Å². The van der Waals surface area contributed by atoms with E-state index < -0.39 is 0 Å². The summed E-state index contributed by atoms with van der Waals surface area (Å²) in [6.07, 6.45) is 4.49. The zero-order valence-electron chi connectivity index (χ0n) is 15.2. The fraction of sp³-hybridized carbons (Fsp3) is 0.125. The summed E-state index contributed by atoms with van der Waals surface area (Å²) in [6.45, 7) is 2.89. The molecule has 0 bridgehead atoms. The Balaban J connectivity index is 1.63. The van der Waals surface area contributed by atoms with Crippen molar-refractivity contribution in [3.63, 3.8) is 0 Å². The Morgan fingerprint density at radius 3 is 2.44 bits per heavy atom. The fourth-order valence-corrected chi connectivity index (χ4v) is 3.81. The summed E-state index contributed by atoms with van der Waals surface area (Å²) in [5, 5.41) is 0. The van der Waals surface area contributed by atoms with Gasteiger partial charge in [0.15, 0.2) is 0 Å². The molecular formula is C24H19N3. The first-order valence-electron chi connectivity index (χ1n) is 9.21. The van der Waals surface area contributed by atoms with E-state index in [1.165, 1.54) is 27.8 Å². The molecule has 0 amide bonds. The number of hydrogen-bond acceptors (Lipinski definition) is 3. The lowest BCUT2D eigenvalue weighted by Crippen LogP contribution is -1.99. The molecule has 3 aromatic rings. The van der Waals surface area contributed by atoms with Gasteiger partial charge in [0.2, 0.25) is 0 Å². The van der Waals surface area contributed by atoms with Crippen molar-refractivity contribution in [2.24, 2.45) is 9.98 Å². The summed E-state index contributed by atoms with van der Waals surface area (Å²) in [5.74, 6) is 0. The van der Waals surface area contributed by atoms with Crippen molar-refractivity contribution in [1.29, 1.82) is 0 Å².